The molecule has 0 spiro atoms. The lowest BCUT2D eigenvalue weighted by Gasteiger charge is -2.22. The van der Waals surface area contributed by atoms with Crippen LogP contribution in [0.1, 0.15) is 26.7 Å². The Labute approximate surface area is 73.4 Å². The molecule has 0 aromatic rings. The summed E-state index contributed by atoms with van der Waals surface area (Å²) >= 11 is 0. The van der Waals surface area contributed by atoms with Gasteiger partial charge in [0.05, 0.1) is 0 Å². The van der Waals surface area contributed by atoms with E-state index in [4.69, 9.17) is 5.11 Å². The maximum Gasteiger partial charge on any atom is 0.320 e. The highest BCUT2D eigenvalue weighted by Crippen LogP contribution is 2.18. The van der Waals surface area contributed by atoms with Crippen molar-refractivity contribution in [2.45, 2.75) is 32.7 Å². The van der Waals surface area contributed by atoms with Crippen LogP contribution in [-0.4, -0.2) is 35.1 Å². The summed E-state index contributed by atoms with van der Waals surface area (Å²) in [7, 11) is 0. The summed E-state index contributed by atoms with van der Waals surface area (Å²) < 4.78 is 0. The fourth-order valence-electron chi connectivity index (χ4n) is 1.79. The van der Waals surface area contributed by atoms with Crippen molar-refractivity contribution in [2.24, 2.45) is 5.92 Å². The predicted octanol–water partition coefficient (Wildman–Crippen LogP) is 1.19. The fraction of sp³-hybridized carbons (Fsp3) is 0.889. The van der Waals surface area contributed by atoms with E-state index in [2.05, 4.69) is 18.7 Å². The van der Waals surface area contributed by atoms with Crippen LogP contribution >= 0.6 is 0 Å². The molecule has 1 heterocycles. The van der Waals surface area contributed by atoms with Crippen molar-refractivity contribution in [2.75, 3.05) is 13.1 Å². The van der Waals surface area contributed by atoms with E-state index in [0.29, 0.717) is 5.92 Å². The molecule has 3 nitrogen and oxygen atoms in total. The Hall–Kier alpha value is -0.570. The van der Waals surface area contributed by atoms with E-state index in [9.17, 15) is 4.79 Å². The Kier molecular flexibility index (Phi) is 3.09. The maximum atomic E-state index is 10.8. The SMILES string of the molecule is CC(C)CN1CCC[C@@H]1C(=O)O. The number of aliphatic carboxylic acids is 1. The van der Waals surface area contributed by atoms with Gasteiger partial charge in [-0.15, -0.1) is 0 Å². The highest BCUT2D eigenvalue weighted by Gasteiger charge is 2.30. The molecule has 1 atom stereocenters. The summed E-state index contributed by atoms with van der Waals surface area (Å²) in [4.78, 5) is 12.8. The van der Waals surface area contributed by atoms with Gasteiger partial charge < -0.3 is 5.11 Å². The first-order valence-corrected chi connectivity index (χ1v) is 4.58. The lowest BCUT2D eigenvalue weighted by Crippen LogP contribution is -2.38. The zero-order chi connectivity index (χ0) is 9.14. The smallest absolute Gasteiger partial charge is 0.320 e. The van der Waals surface area contributed by atoms with E-state index in [-0.39, 0.29) is 6.04 Å². The summed E-state index contributed by atoms with van der Waals surface area (Å²) in [5.74, 6) is -0.0990. The number of nitrogens with zero attached hydrogens (tertiary/aromatic N) is 1. The number of likely N-dealkylation sites (tertiary alicyclic amines) is 1. The molecule has 0 unspecified atom stereocenters. The Morgan fingerprint density at radius 1 is 1.67 bits per heavy atom. The molecule has 1 fully saturated rings. The van der Waals surface area contributed by atoms with Crippen LogP contribution in [0.5, 0.6) is 0 Å². The van der Waals surface area contributed by atoms with Crippen LogP contribution in [0.4, 0.5) is 0 Å². The molecule has 1 saturated heterocycles. The fourth-order valence-corrected chi connectivity index (χ4v) is 1.79. The third-order valence-electron chi connectivity index (χ3n) is 2.25. The summed E-state index contributed by atoms with van der Waals surface area (Å²) in [6, 6.07) is -0.215. The van der Waals surface area contributed by atoms with Gasteiger partial charge in [-0.1, -0.05) is 13.8 Å². The third kappa shape index (κ3) is 2.21. The molecule has 0 amide bonds. The van der Waals surface area contributed by atoms with Crippen molar-refractivity contribution in [3.8, 4) is 0 Å². The van der Waals surface area contributed by atoms with E-state index < -0.39 is 5.97 Å². The van der Waals surface area contributed by atoms with Gasteiger partial charge in [-0.2, -0.15) is 0 Å². The normalized spacial score (nSPS) is 25.1. The standard InChI is InChI=1S/C9H17NO2/c1-7(2)6-10-5-3-4-8(10)9(11)12/h7-8H,3-6H2,1-2H3,(H,11,12)/t8-/m1/s1. The van der Waals surface area contributed by atoms with E-state index in [1.165, 1.54) is 0 Å². The first kappa shape index (κ1) is 9.52. The Morgan fingerprint density at radius 2 is 2.33 bits per heavy atom. The van der Waals surface area contributed by atoms with Gasteiger partial charge in [0.25, 0.3) is 0 Å². The molecule has 3 heteroatoms. The van der Waals surface area contributed by atoms with E-state index in [1.807, 2.05) is 0 Å². The molecule has 1 aliphatic rings. The zero-order valence-electron chi connectivity index (χ0n) is 7.79. The first-order chi connectivity index (χ1) is 5.61. The second-order valence-electron chi connectivity index (χ2n) is 3.89. The molecular formula is C9H17NO2. The molecular weight excluding hydrogens is 154 g/mol. The molecule has 0 aromatic carbocycles. The van der Waals surface area contributed by atoms with Gasteiger partial charge in [0, 0.05) is 6.54 Å². The van der Waals surface area contributed by atoms with Gasteiger partial charge in [-0.3, -0.25) is 9.69 Å². The van der Waals surface area contributed by atoms with Crippen molar-refractivity contribution in [3.63, 3.8) is 0 Å². The van der Waals surface area contributed by atoms with Gasteiger partial charge in [0.2, 0.25) is 0 Å². The number of carbonyl (C=O) groups is 1. The van der Waals surface area contributed by atoms with Crippen molar-refractivity contribution in [3.05, 3.63) is 0 Å². The summed E-state index contributed by atoms with van der Waals surface area (Å²) in [6.45, 7) is 6.11. The number of carboxylic acids is 1. The first-order valence-electron chi connectivity index (χ1n) is 4.58. The second kappa shape index (κ2) is 3.90. The molecule has 12 heavy (non-hydrogen) atoms. The monoisotopic (exact) mass is 171 g/mol. The van der Waals surface area contributed by atoms with Crippen molar-refractivity contribution < 1.29 is 9.90 Å². The topological polar surface area (TPSA) is 40.5 Å². The van der Waals surface area contributed by atoms with Gasteiger partial charge in [0.1, 0.15) is 6.04 Å². The third-order valence-corrected chi connectivity index (χ3v) is 2.25. The minimum absolute atomic E-state index is 0.215. The second-order valence-corrected chi connectivity index (χ2v) is 3.89. The minimum Gasteiger partial charge on any atom is -0.480 e. The molecule has 1 aliphatic heterocycles. The van der Waals surface area contributed by atoms with Crippen LogP contribution in [0, 0.1) is 5.92 Å². The van der Waals surface area contributed by atoms with Gasteiger partial charge in [-0.05, 0) is 25.3 Å². The molecule has 70 valence electrons. The van der Waals surface area contributed by atoms with Crippen LogP contribution in [0.25, 0.3) is 0 Å². The molecule has 0 bridgehead atoms. The van der Waals surface area contributed by atoms with Crippen LogP contribution in [0.3, 0.4) is 0 Å². The largest absolute Gasteiger partial charge is 0.480 e. The van der Waals surface area contributed by atoms with Gasteiger partial charge in [0.15, 0.2) is 0 Å². The van der Waals surface area contributed by atoms with Crippen LogP contribution in [0.2, 0.25) is 0 Å². The van der Waals surface area contributed by atoms with E-state index in [1.54, 1.807) is 0 Å². The zero-order valence-corrected chi connectivity index (χ0v) is 7.79. The summed E-state index contributed by atoms with van der Waals surface area (Å²) in [5, 5.41) is 8.85. The van der Waals surface area contributed by atoms with Crippen molar-refractivity contribution in [1.82, 2.24) is 4.90 Å². The summed E-state index contributed by atoms with van der Waals surface area (Å²) in [6.07, 6.45) is 1.85. The van der Waals surface area contributed by atoms with Crippen molar-refractivity contribution in [1.29, 1.82) is 0 Å². The Bertz CT molecular complexity index is 168. The molecule has 0 saturated carbocycles. The van der Waals surface area contributed by atoms with Crippen molar-refractivity contribution >= 4 is 5.97 Å². The lowest BCUT2D eigenvalue weighted by atomic mass is 10.2. The number of hydrogen-bond donors (Lipinski definition) is 1. The van der Waals surface area contributed by atoms with Gasteiger partial charge in [-0.25, -0.2) is 0 Å². The Balaban J connectivity index is 2.46. The van der Waals surface area contributed by atoms with Crippen LogP contribution in [-0.2, 0) is 4.79 Å². The highest BCUT2D eigenvalue weighted by atomic mass is 16.4. The van der Waals surface area contributed by atoms with Gasteiger partial charge >= 0.3 is 5.97 Å². The Morgan fingerprint density at radius 3 is 2.83 bits per heavy atom. The quantitative estimate of drug-likeness (QED) is 0.693. The molecule has 1 N–H and O–H groups in total. The average molecular weight is 171 g/mol. The number of carboxylic acid groups (broad SMARTS) is 1. The number of hydrogen-bond acceptors (Lipinski definition) is 2. The number of rotatable bonds is 3. The minimum atomic E-state index is -0.659. The highest BCUT2D eigenvalue weighted by molar-refractivity contribution is 5.73. The van der Waals surface area contributed by atoms with E-state index >= 15 is 0 Å². The molecule has 1 rings (SSSR count). The molecule has 0 aromatic heterocycles. The maximum absolute atomic E-state index is 10.8. The van der Waals surface area contributed by atoms with E-state index in [0.717, 1.165) is 25.9 Å². The lowest BCUT2D eigenvalue weighted by molar-refractivity contribution is -0.142. The molecule has 0 aliphatic carbocycles. The van der Waals surface area contributed by atoms with Crippen LogP contribution < -0.4 is 0 Å². The predicted molar refractivity (Wildman–Crippen MR) is 47.1 cm³/mol. The summed E-state index contributed by atoms with van der Waals surface area (Å²) in [5.41, 5.74) is 0. The van der Waals surface area contributed by atoms with Crippen LogP contribution in [0.15, 0.2) is 0 Å². The molecule has 0 radical (unpaired) electrons. The average Bonchev–Trinajstić information content (AvgIpc) is 2.33.